The maximum atomic E-state index is 12.1. The van der Waals surface area contributed by atoms with Crippen LogP contribution in [0.5, 0.6) is 11.5 Å². The van der Waals surface area contributed by atoms with Gasteiger partial charge in [0.1, 0.15) is 18.1 Å². The number of amides is 1. The molecule has 5 heteroatoms. The van der Waals surface area contributed by atoms with Crippen molar-refractivity contribution >= 4 is 11.6 Å². The van der Waals surface area contributed by atoms with E-state index in [2.05, 4.69) is 5.32 Å². The molecule has 1 amide bonds. The minimum absolute atomic E-state index is 0.0248. The summed E-state index contributed by atoms with van der Waals surface area (Å²) in [6, 6.07) is 13.2. The molecule has 0 radical (unpaired) electrons. The van der Waals surface area contributed by atoms with E-state index in [0.29, 0.717) is 12.3 Å². The van der Waals surface area contributed by atoms with Gasteiger partial charge in [-0.15, -0.1) is 0 Å². The molecule has 1 atom stereocenters. The van der Waals surface area contributed by atoms with Gasteiger partial charge in [-0.25, -0.2) is 0 Å². The molecule has 1 N–H and O–H groups in total. The highest BCUT2D eigenvalue weighted by Crippen LogP contribution is 2.22. The van der Waals surface area contributed by atoms with Crippen LogP contribution >= 0.6 is 0 Å². The molecule has 1 aliphatic rings. The number of carbonyl (C=O) groups is 1. The molecule has 0 bridgehead atoms. The third-order valence-electron chi connectivity index (χ3n) is 4.35. The Hall–Kier alpha value is -2.53. The van der Waals surface area contributed by atoms with Crippen LogP contribution in [0.1, 0.15) is 24.0 Å². The van der Waals surface area contributed by atoms with Crippen LogP contribution in [0, 0.1) is 13.8 Å². The molecular formula is C21H25NO4. The summed E-state index contributed by atoms with van der Waals surface area (Å²) in [7, 11) is 0. The number of benzene rings is 2. The summed E-state index contributed by atoms with van der Waals surface area (Å²) in [6.45, 7) is 5.30. The van der Waals surface area contributed by atoms with Gasteiger partial charge in [0, 0.05) is 12.3 Å². The summed E-state index contributed by atoms with van der Waals surface area (Å²) in [5.74, 6) is 1.34. The van der Waals surface area contributed by atoms with Crippen molar-refractivity contribution in [3.05, 3.63) is 53.6 Å². The van der Waals surface area contributed by atoms with E-state index in [1.165, 1.54) is 0 Å². The van der Waals surface area contributed by atoms with Crippen molar-refractivity contribution in [2.75, 3.05) is 25.1 Å². The minimum Gasteiger partial charge on any atom is -0.491 e. The molecule has 1 aliphatic heterocycles. The van der Waals surface area contributed by atoms with Crippen LogP contribution in [-0.4, -0.2) is 31.8 Å². The first-order valence-corrected chi connectivity index (χ1v) is 8.95. The fourth-order valence-corrected chi connectivity index (χ4v) is 2.96. The Bertz CT molecular complexity index is 716. The van der Waals surface area contributed by atoms with Crippen molar-refractivity contribution in [3.8, 4) is 11.5 Å². The highest BCUT2D eigenvalue weighted by molar-refractivity contribution is 5.91. The van der Waals surface area contributed by atoms with Crippen molar-refractivity contribution in [2.24, 2.45) is 0 Å². The number of para-hydroxylation sites is 1. The molecule has 1 fully saturated rings. The number of aryl methyl sites for hydroxylation is 2. The highest BCUT2D eigenvalue weighted by atomic mass is 16.5. The normalized spacial score (nSPS) is 16.3. The number of ether oxygens (including phenoxy) is 3. The summed E-state index contributed by atoms with van der Waals surface area (Å²) in [4.78, 5) is 12.1. The fourth-order valence-electron chi connectivity index (χ4n) is 2.96. The molecule has 1 heterocycles. The number of hydrogen-bond acceptors (Lipinski definition) is 4. The van der Waals surface area contributed by atoms with E-state index in [9.17, 15) is 4.79 Å². The Balaban J connectivity index is 1.46. The molecule has 1 saturated heterocycles. The minimum atomic E-state index is -0.194. The van der Waals surface area contributed by atoms with Crippen LogP contribution < -0.4 is 14.8 Å². The van der Waals surface area contributed by atoms with Gasteiger partial charge in [0.2, 0.25) is 0 Å². The summed E-state index contributed by atoms with van der Waals surface area (Å²) < 4.78 is 16.9. The molecule has 138 valence electrons. The predicted octanol–water partition coefficient (Wildman–Crippen LogP) is 3.88. The second-order valence-electron chi connectivity index (χ2n) is 6.53. The third kappa shape index (κ3) is 4.99. The molecule has 0 spiro atoms. The first kappa shape index (κ1) is 18.3. The van der Waals surface area contributed by atoms with Gasteiger partial charge >= 0.3 is 0 Å². The Kier molecular flexibility index (Phi) is 6.12. The van der Waals surface area contributed by atoms with Gasteiger partial charge in [0.05, 0.1) is 6.10 Å². The lowest BCUT2D eigenvalue weighted by Gasteiger charge is -2.13. The maximum absolute atomic E-state index is 12.1. The lowest BCUT2D eigenvalue weighted by molar-refractivity contribution is -0.118. The second kappa shape index (κ2) is 8.72. The molecule has 3 rings (SSSR count). The average molecular weight is 355 g/mol. The Morgan fingerprint density at radius 2 is 1.85 bits per heavy atom. The molecule has 26 heavy (non-hydrogen) atoms. The van der Waals surface area contributed by atoms with Gasteiger partial charge in [-0.1, -0.05) is 18.2 Å². The van der Waals surface area contributed by atoms with Gasteiger partial charge in [-0.05, 0) is 62.1 Å². The molecule has 0 aromatic heterocycles. The van der Waals surface area contributed by atoms with E-state index >= 15 is 0 Å². The zero-order valence-corrected chi connectivity index (χ0v) is 15.3. The van der Waals surface area contributed by atoms with Crippen molar-refractivity contribution in [1.82, 2.24) is 0 Å². The van der Waals surface area contributed by atoms with Crippen LogP contribution in [0.3, 0.4) is 0 Å². The van der Waals surface area contributed by atoms with E-state index in [1.807, 2.05) is 56.3 Å². The van der Waals surface area contributed by atoms with Crippen LogP contribution in [0.4, 0.5) is 5.69 Å². The van der Waals surface area contributed by atoms with E-state index in [-0.39, 0.29) is 18.6 Å². The summed E-state index contributed by atoms with van der Waals surface area (Å²) in [5, 5.41) is 2.83. The van der Waals surface area contributed by atoms with Crippen LogP contribution in [0.2, 0.25) is 0 Å². The first-order chi connectivity index (χ1) is 12.6. The van der Waals surface area contributed by atoms with Crippen LogP contribution in [0.15, 0.2) is 42.5 Å². The van der Waals surface area contributed by atoms with Gasteiger partial charge in [-0.3, -0.25) is 4.79 Å². The summed E-state index contributed by atoms with van der Waals surface area (Å²) >= 11 is 0. The number of rotatable bonds is 7. The largest absolute Gasteiger partial charge is 0.491 e. The number of hydrogen-bond donors (Lipinski definition) is 1. The quantitative estimate of drug-likeness (QED) is 0.819. The van der Waals surface area contributed by atoms with Crippen molar-refractivity contribution < 1.29 is 19.0 Å². The molecule has 2 aromatic carbocycles. The lowest BCUT2D eigenvalue weighted by atomic mass is 10.1. The van der Waals surface area contributed by atoms with Gasteiger partial charge < -0.3 is 19.5 Å². The topological polar surface area (TPSA) is 56.8 Å². The van der Waals surface area contributed by atoms with Gasteiger partial charge in [-0.2, -0.15) is 0 Å². The second-order valence-corrected chi connectivity index (χ2v) is 6.53. The molecule has 5 nitrogen and oxygen atoms in total. The smallest absolute Gasteiger partial charge is 0.262 e. The Labute approximate surface area is 154 Å². The molecular weight excluding hydrogens is 330 g/mol. The van der Waals surface area contributed by atoms with Gasteiger partial charge in [0.25, 0.3) is 5.91 Å². The molecule has 1 unspecified atom stereocenters. The van der Waals surface area contributed by atoms with E-state index in [1.54, 1.807) is 0 Å². The lowest BCUT2D eigenvalue weighted by Crippen LogP contribution is -2.20. The van der Waals surface area contributed by atoms with Crippen molar-refractivity contribution in [3.63, 3.8) is 0 Å². The van der Waals surface area contributed by atoms with E-state index in [0.717, 1.165) is 42.1 Å². The summed E-state index contributed by atoms with van der Waals surface area (Å²) in [5.41, 5.74) is 2.75. The first-order valence-electron chi connectivity index (χ1n) is 8.95. The monoisotopic (exact) mass is 355 g/mol. The van der Waals surface area contributed by atoms with Crippen LogP contribution in [0.25, 0.3) is 0 Å². The van der Waals surface area contributed by atoms with Crippen molar-refractivity contribution in [1.29, 1.82) is 0 Å². The van der Waals surface area contributed by atoms with Gasteiger partial charge in [0.15, 0.2) is 6.61 Å². The molecule has 2 aromatic rings. The predicted molar refractivity (Wildman–Crippen MR) is 101 cm³/mol. The summed E-state index contributed by atoms with van der Waals surface area (Å²) in [6.07, 6.45) is 2.34. The fraction of sp³-hybridized carbons (Fsp3) is 0.381. The molecule has 0 aliphatic carbocycles. The SMILES string of the molecule is Cc1cccc(C)c1OCC(=O)Nc1ccc(OCC2CCCO2)cc1. The number of anilines is 1. The third-order valence-corrected chi connectivity index (χ3v) is 4.35. The Morgan fingerprint density at radius 1 is 1.12 bits per heavy atom. The standard InChI is InChI=1S/C21H25NO4/c1-15-5-3-6-16(2)21(15)26-14-20(23)22-17-8-10-18(11-9-17)25-13-19-7-4-12-24-19/h3,5-6,8-11,19H,4,7,12-14H2,1-2H3,(H,22,23). The average Bonchev–Trinajstić information content (AvgIpc) is 3.14. The highest BCUT2D eigenvalue weighted by Gasteiger charge is 2.16. The zero-order valence-electron chi connectivity index (χ0n) is 15.3. The zero-order chi connectivity index (χ0) is 18.4. The number of nitrogens with one attached hydrogen (secondary N) is 1. The van der Waals surface area contributed by atoms with Crippen LogP contribution in [-0.2, 0) is 9.53 Å². The van der Waals surface area contributed by atoms with E-state index < -0.39 is 0 Å². The van der Waals surface area contributed by atoms with E-state index in [4.69, 9.17) is 14.2 Å². The number of carbonyl (C=O) groups excluding carboxylic acids is 1. The van der Waals surface area contributed by atoms with Crippen molar-refractivity contribution in [2.45, 2.75) is 32.8 Å². The molecule has 0 saturated carbocycles. The maximum Gasteiger partial charge on any atom is 0.262 e. The Morgan fingerprint density at radius 3 is 2.50 bits per heavy atom.